The van der Waals surface area contributed by atoms with Crippen LogP contribution in [0.2, 0.25) is 0 Å². The number of aromatic nitrogens is 3. The second-order valence-corrected chi connectivity index (χ2v) is 11.4. The average molecular weight is 572 g/mol. The van der Waals surface area contributed by atoms with E-state index in [-0.39, 0.29) is 24.0 Å². The van der Waals surface area contributed by atoms with Gasteiger partial charge in [0.05, 0.1) is 33.2 Å². The summed E-state index contributed by atoms with van der Waals surface area (Å²) in [5.41, 5.74) is 4.06. The normalized spacial score (nSPS) is 13.6. The zero-order valence-electron chi connectivity index (χ0n) is 19.3. The number of rotatable bonds is 8. The van der Waals surface area contributed by atoms with Crippen LogP contribution in [0.3, 0.4) is 0 Å². The van der Waals surface area contributed by atoms with Crippen molar-refractivity contribution >= 4 is 43.1 Å². The number of nitrogens with one attached hydrogen (secondary N) is 2. The van der Waals surface area contributed by atoms with E-state index in [2.05, 4.69) is 36.1 Å². The maximum absolute atomic E-state index is 13.8. The number of sulfonamides is 1. The Morgan fingerprint density at radius 2 is 1.94 bits per heavy atom. The molecule has 1 fully saturated rings. The molecule has 0 aliphatic heterocycles. The number of carbonyl (C=O) groups excluding carboxylic acids is 1. The topological polar surface area (TPSA) is 105 Å². The lowest BCUT2D eigenvalue weighted by Gasteiger charge is -2.13. The second-order valence-electron chi connectivity index (χ2n) is 8.70. The van der Waals surface area contributed by atoms with Crippen LogP contribution in [0.4, 0.5) is 10.1 Å². The summed E-state index contributed by atoms with van der Waals surface area (Å²) in [7, 11) is -2.18. The summed E-state index contributed by atoms with van der Waals surface area (Å²) in [4.78, 5) is 16.9. The first-order valence-corrected chi connectivity index (χ1v) is 13.8. The fourth-order valence-corrected chi connectivity index (χ4v) is 5.51. The Bertz CT molecular complexity index is 1570. The van der Waals surface area contributed by atoms with E-state index in [4.69, 9.17) is 0 Å². The highest BCUT2D eigenvalue weighted by molar-refractivity contribution is 9.10. The molecule has 1 saturated carbocycles. The zero-order valence-corrected chi connectivity index (χ0v) is 21.7. The van der Waals surface area contributed by atoms with Gasteiger partial charge in [-0.1, -0.05) is 6.07 Å². The molecule has 0 unspecified atom stereocenters. The van der Waals surface area contributed by atoms with Crippen LogP contribution in [0.15, 0.2) is 59.5 Å². The van der Waals surface area contributed by atoms with Crippen LogP contribution in [-0.2, 0) is 16.4 Å². The number of nitrogens with zero attached hydrogens (tertiary/aromatic N) is 3. The molecule has 1 aliphatic rings. The Hall–Kier alpha value is -3.31. The summed E-state index contributed by atoms with van der Waals surface area (Å²) in [6, 6.07) is 9.96. The summed E-state index contributed by atoms with van der Waals surface area (Å²) in [5.74, 6) is -0.727. The van der Waals surface area contributed by atoms with Crippen LogP contribution >= 0.6 is 15.9 Å². The number of pyridine rings is 2. The smallest absolute Gasteiger partial charge is 0.255 e. The van der Waals surface area contributed by atoms with Crippen molar-refractivity contribution in [1.29, 1.82) is 0 Å². The van der Waals surface area contributed by atoms with Gasteiger partial charge in [0, 0.05) is 25.0 Å². The highest BCUT2D eigenvalue weighted by Gasteiger charge is 2.30. The fourth-order valence-electron chi connectivity index (χ4n) is 4.15. The van der Waals surface area contributed by atoms with Gasteiger partial charge in [-0.25, -0.2) is 17.3 Å². The summed E-state index contributed by atoms with van der Waals surface area (Å²) in [6.45, 7) is 0. The number of aryl methyl sites for hydroxylation is 1. The minimum Gasteiger partial charge on any atom is -0.355 e. The van der Waals surface area contributed by atoms with E-state index >= 15 is 0 Å². The first kappa shape index (κ1) is 24.4. The third-order valence-electron chi connectivity index (χ3n) is 6.14. The van der Waals surface area contributed by atoms with E-state index in [9.17, 15) is 17.6 Å². The van der Waals surface area contributed by atoms with Crippen LogP contribution in [0.1, 0.15) is 40.2 Å². The van der Waals surface area contributed by atoms with E-state index in [1.54, 1.807) is 49.9 Å². The number of hydrogen-bond donors (Lipinski definition) is 2. The van der Waals surface area contributed by atoms with Crippen LogP contribution in [-0.4, -0.2) is 41.7 Å². The molecule has 5 rings (SSSR count). The molecule has 0 spiro atoms. The molecule has 1 amide bonds. The monoisotopic (exact) mass is 571 g/mol. The third-order valence-corrected chi connectivity index (χ3v) is 8.05. The molecule has 0 saturated heterocycles. The minimum absolute atomic E-state index is 0.162. The maximum Gasteiger partial charge on any atom is 0.255 e. The molecule has 1 aliphatic carbocycles. The van der Waals surface area contributed by atoms with Crippen molar-refractivity contribution in [1.82, 2.24) is 19.9 Å². The van der Waals surface area contributed by atoms with Crippen LogP contribution in [0, 0.1) is 5.82 Å². The molecule has 4 aromatic rings. The second kappa shape index (κ2) is 9.62. The molecule has 11 heteroatoms. The van der Waals surface area contributed by atoms with Crippen molar-refractivity contribution in [2.45, 2.75) is 25.2 Å². The maximum atomic E-state index is 13.8. The molecule has 3 aromatic heterocycles. The molecule has 0 atom stereocenters. The van der Waals surface area contributed by atoms with Gasteiger partial charge in [-0.3, -0.25) is 14.5 Å². The first-order chi connectivity index (χ1) is 17.3. The number of amides is 1. The molecule has 3 heterocycles. The van der Waals surface area contributed by atoms with Gasteiger partial charge in [0.25, 0.3) is 5.91 Å². The SMILES string of the molecule is CNC(=O)c1c(-c2ccncc2)nn2cc(NS(=O)(=O)CCc3ccc(Br)c(F)c3)c(C3CC3)cc12. The van der Waals surface area contributed by atoms with Crippen molar-refractivity contribution in [3.8, 4) is 11.3 Å². The Kier molecular flexibility index (Phi) is 6.52. The minimum atomic E-state index is -3.74. The van der Waals surface area contributed by atoms with Crippen molar-refractivity contribution < 1.29 is 17.6 Å². The predicted octanol–water partition coefficient (Wildman–Crippen LogP) is 4.52. The predicted molar refractivity (Wildman–Crippen MR) is 139 cm³/mol. The van der Waals surface area contributed by atoms with Gasteiger partial charge < -0.3 is 5.32 Å². The van der Waals surface area contributed by atoms with Gasteiger partial charge in [-0.05, 0) is 82.6 Å². The van der Waals surface area contributed by atoms with Crippen molar-refractivity contribution in [2.24, 2.45) is 0 Å². The summed E-state index contributed by atoms with van der Waals surface area (Å²) >= 11 is 3.10. The summed E-state index contributed by atoms with van der Waals surface area (Å²) in [5, 5.41) is 7.30. The van der Waals surface area contributed by atoms with Gasteiger partial charge in [-0.15, -0.1) is 0 Å². The lowest BCUT2D eigenvalue weighted by atomic mass is 10.0. The Morgan fingerprint density at radius 1 is 1.19 bits per heavy atom. The van der Waals surface area contributed by atoms with Gasteiger partial charge in [-0.2, -0.15) is 5.10 Å². The third kappa shape index (κ3) is 4.98. The van der Waals surface area contributed by atoms with E-state index < -0.39 is 15.8 Å². The Morgan fingerprint density at radius 3 is 2.61 bits per heavy atom. The molecule has 0 radical (unpaired) electrons. The molecule has 1 aromatic carbocycles. The van der Waals surface area contributed by atoms with E-state index in [0.717, 1.165) is 24.0 Å². The van der Waals surface area contributed by atoms with Gasteiger partial charge in [0.2, 0.25) is 10.0 Å². The highest BCUT2D eigenvalue weighted by Crippen LogP contribution is 2.45. The lowest BCUT2D eigenvalue weighted by Crippen LogP contribution is -2.20. The largest absolute Gasteiger partial charge is 0.355 e. The van der Waals surface area contributed by atoms with Crippen LogP contribution in [0.25, 0.3) is 16.8 Å². The molecule has 2 N–H and O–H groups in total. The zero-order chi connectivity index (χ0) is 25.4. The van der Waals surface area contributed by atoms with Gasteiger partial charge in [0.15, 0.2) is 0 Å². The van der Waals surface area contributed by atoms with E-state index in [1.165, 1.54) is 10.6 Å². The molecule has 186 valence electrons. The molecule has 0 bridgehead atoms. The number of fused-ring (bicyclic) bond motifs is 1. The summed E-state index contributed by atoms with van der Waals surface area (Å²) < 4.78 is 44.4. The number of carbonyl (C=O) groups is 1. The number of halogens is 2. The number of anilines is 1. The number of hydrogen-bond acceptors (Lipinski definition) is 5. The first-order valence-electron chi connectivity index (χ1n) is 11.4. The van der Waals surface area contributed by atoms with Crippen molar-refractivity contribution in [3.05, 3.63) is 82.0 Å². The molecule has 8 nitrogen and oxygen atoms in total. The van der Waals surface area contributed by atoms with Crippen LogP contribution < -0.4 is 10.0 Å². The van der Waals surface area contributed by atoms with Crippen molar-refractivity contribution in [2.75, 3.05) is 17.5 Å². The quantitative estimate of drug-likeness (QED) is 0.323. The van der Waals surface area contributed by atoms with Crippen molar-refractivity contribution in [3.63, 3.8) is 0 Å². The number of benzene rings is 1. The summed E-state index contributed by atoms with van der Waals surface area (Å²) in [6.07, 6.45) is 6.90. The molecular formula is C25H23BrFN5O3S. The highest BCUT2D eigenvalue weighted by atomic mass is 79.9. The van der Waals surface area contributed by atoms with E-state index in [1.807, 2.05) is 6.07 Å². The molecular weight excluding hydrogens is 549 g/mol. The van der Waals surface area contributed by atoms with Gasteiger partial charge >= 0.3 is 0 Å². The molecule has 36 heavy (non-hydrogen) atoms. The Balaban J connectivity index is 1.51. The average Bonchev–Trinajstić information content (AvgIpc) is 3.64. The fraction of sp³-hybridized carbons (Fsp3) is 0.240. The lowest BCUT2D eigenvalue weighted by molar-refractivity contribution is 0.0965. The standard InChI is InChI=1S/C25H23BrFN5O3S/c1-28-25(33)23-22-13-18(16-3-4-16)21(14-32(22)30-24(23)17-6-9-29-10-7-17)31-36(34,35)11-8-15-2-5-19(26)20(27)12-15/h2,5-7,9-10,12-14,16,31H,3-4,8,11H2,1H3,(H,28,33). The van der Waals surface area contributed by atoms with E-state index in [0.29, 0.717) is 32.5 Å². The Labute approximate surface area is 216 Å². The van der Waals surface area contributed by atoms with Gasteiger partial charge in [0.1, 0.15) is 11.5 Å². The van der Waals surface area contributed by atoms with Crippen LogP contribution in [0.5, 0.6) is 0 Å².